The second-order valence-corrected chi connectivity index (χ2v) is 6.10. The molecule has 0 bridgehead atoms. The number of rotatable bonds is 5. The molecule has 1 aliphatic heterocycles. The van der Waals surface area contributed by atoms with Crippen LogP contribution in [0.15, 0.2) is 30.6 Å². The lowest BCUT2D eigenvalue weighted by Crippen LogP contribution is -2.24. The van der Waals surface area contributed by atoms with Crippen LogP contribution in [0.4, 0.5) is 5.82 Å². The third kappa shape index (κ3) is 3.69. The highest BCUT2D eigenvalue weighted by Crippen LogP contribution is 2.34. The van der Waals surface area contributed by atoms with E-state index in [9.17, 15) is 4.79 Å². The molecule has 2 aromatic heterocycles. The van der Waals surface area contributed by atoms with Crippen molar-refractivity contribution in [3.05, 3.63) is 47.7 Å². The zero-order valence-electron chi connectivity index (χ0n) is 14.2. The van der Waals surface area contributed by atoms with E-state index in [-0.39, 0.29) is 11.9 Å². The molecule has 0 aromatic carbocycles. The minimum absolute atomic E-state index is 0.0427. The molecule has 1 aliphatic rings. The summed E-state index contributed by atoms with van der Waals surface area (Å²) in [6.07, 6.45) is 4.93. The fourth-order valence-corrected chi connectivity index (χ4v) is 3.14. The van der Waals surface area contributed by atoms with Gasteiger partial charge in [-0.3, -0.25) is 9.78 Å². The fraction of sp³-hybridized carbons (Fsp3) is 0.444. The Labute approximate surface area is 142 Å². The molecule has 1 saturated heterocycles. The van der Waals surface area contributed by atoms with Crippen LogP contribution >= 0.6 is 0 Å². The number of carbonyl (C=O) groups excluding carboxylic acids is 1. The maximum Gasteiger partial charge on any atom is 0.220 e. The maximum atomic E-state index is 11.4. The molecule has 0 saturated carbocycles. The zero-order chi connectivity index (χ0) is 16.9. The first-order chi connectivity index (χ1) is 11.7. The average Bonchev–Trinajstić information content (AvgIpc) is 3.09. The lowest BCUT2D eigenvalue weighted by Gasteiger charge is -2.25. The zero-order valence-corrected chi connectivity index (χ0v) is 14.2. The lowest BCUT2D eigenvalue weighted by atomic mass is 10.1. The number of nitrogens with zero attached hydrogens (tertiary/aromatic N) is 4. The van der Waals surface area contributed by atoms with Crippen molar-refractivity contribution in [2.45, 2.75) is 38.6 Å². The van der Waals surface area contributed by atoms with E-state index >= 15 is 0 Å². The molecule has 6 nitrogen and oxygen atoms in total. The minimum Gasteiger partial charge on any atom is -0.359 e. The van der Waals surface area contributed by atoms with Crippen LogP contribution in [0.3, 0.4) is 0 Å². The molecule has 2 aromatic rings. The van der Waals surface area contributed by atoms with E-state index < -0.39 is 0 Å². The Bertz CT molecular complexity index is 718. The van der Waals surface area contributed by atoms with Crippen LogP contribution < -0.4 is 10.2 Å². The third-order valence-corrected chi connectivity index (χ3v) is 4.39. The average molecular weight is 325 g/mol. The van der Waals surface area contributed by atoms with Gasteiger partial charge in [0, 0.05) is 37.5 Å². The third-order valence-electron chi connectivity index (χ3n) is 4.39. The number of hydrogen-bond donors (Lipinski definition) is 1. The molecule has 6 heteroatoms. The van der Waals surface area contributed by atoms with Gasteiger partial charge in [0.25, 0.3) is 0 Å². The number of aromatic nitrogens is 3. The summed E-state index contributed by atoms with van der Waals surface area (Å²) < 4.78 is 0. The van der Waals surface area contributed by atoms with E-state index in [2.05, 4.69) is 26.3 Å². The number of aryl methyl sites for hydroxylation is 2. The first-order valence-electron chi connectivity index (χ1n) is 8.39. The van der Waals surface area contributed by atoms with Crippen molar-refractivity contribution in [2.75, 3.05) is 18.5 Å². The summed E-state index contributed by atoms with van der Waals surface area (Å²) >= 11 is 0. The van der Waals surface area contributed by atoms with Crippen molar-refractivity contribution in [2.24, 2.45) is 0 Å². The van der Waals surface area contributed by atoms with Gasteiger partial charge in [0.2, 0.25) is 5.91 Å². The molecule has 126 valence electrons. The maximum absolute atomic E-state index is 11.4. The van der Waals surface area contributed by atoms with Crippen molar-refractivity contribution < 1.29 is 4.79 Å². The monoisotopic (exact) mass is 325 g/mol. The first-order valence-corrected chi connectivity index (χ1v) is 8.39. The van der Waals surface area contributed by atoms with Crippen LogP contribution in [0.1, 0.15) is 42.4 Å². The summed E-state index contributed by atoms with van der Waals surface area (Å²) in [7, 11) is 1.66. The van der Waals surface area contributed by atoms with Gasteiger partial charge in [-0.05, 0) is 38.3 Å². The van der Waals surface area contributed by atoms with E-state index in [4.69, 9.17) is 4.98 Å². The topological polar surface area (TPSA) is 71.0 Å². The van der Waals surface area contributed by atoms with E-state index in [0.29, 0.717) is 12.8 Å². The van der Waals surface area contributed by atoms with E-state index in [1.165, 1.54) is 0 Å². The normalized spacial score (nSPS) is 17.1. The number of amides is 1. The van der Waals surface area contributed by atoms with Crippen LogP contribution in [0.5, 0.6) is 0 Å². The highest BCUT2D eigenvalue weighted by molar-refractivity contribution is 5.75. The summed E-state index contributed by atoms with van der Waals surface area (Å²) in [5.74, 6) is 1.00. The van der Waals surface area contributed by atoms with Gasteiger partial charge in [0.1, 0.15) is 12.1 Å². The van der Waals surface area contributed by atoms with Crippen LogP contribution in [0.2, 0.25) is 0 Å². The van der Waals surface area contributed by atoms with Gasteiger partial charge in [0.15, 0.2) is 0 Å². The SMILES string of the molecule is CNC(=O)CCc1cccc(C2CCCN2c2cc(C)ncn2)n1. The van der Waals surface area contributed by atoms with Crippen molar-refractivity contribution in [3.8, 4) is 0 Å². The summed E-state index contributed by atoms with van der Waals surface area (Å²) in [6.45, 7) is 2.96. The van der Waals surface area contributed by atoms with Gasteiger partial charge in [-0.15, -0.1) is 0 Å². The molecule has 0 aliphatic carbocycles. The smallest absolute Gasteiger partial charge is 0.220 e. The molecule has 0 spiro atoms. The van der Waals surface area contributed by atoms with Gasteiger partial charge < -0.3 is 10.2 Å². The number of carbonyl (C=O) groups is 1. The molecule has 0 radical (unpaired) electrons. The molecule has 3 heterocycles. The highest BCUT2D eigenvalue weighted by atomic mass is 16.1. The van der Waals surface area contributed by atoms with E-state index in [1.54, 1.807) is 13.4 Å². The minimum atomic E-state index is 0.0427. The standard InChI is InChI=1S/C18H23N5O/c1-13-11-17(21-12-20-13)23-10-4-7-16(23)15-6-3-5-14(22-15)8-9-18(24)19-2/h3,5-6,11-12,16H,4,7-10H2,1-2H3,(H,19,24). The quantitative estimate of drug-likeness (QED) is 0.912. The Morgan fingerprint density at radius 2 is 2.25 bits per heavy atom. The predicted molar refractivity (Wildman–Crippen MR) is 92.7 cm³/mol. The lowest BCUT2D eigenvalue weighted by molar-refractivity contribution is -0.120. The fourth-order valence-electron chi connectivity index (χ4n) is 3.14. The van der Waals surface area contributed by atoms with Gasteiger partial charge in [-0.2, -0.15) is 0 Å². The summed E-state index contributed by atoms with van der Waals surface area (Å²) in [6, 6.07) is 8.34. The Balaban J connectivity index is 1.78. The summed E-state index contributed by atoms with van der Waals surface area (Å²) in [5.41, 5.74) is 2.98. The van der Waals surface area contributed by atoms with Crippen molar-refractivity contribution in [1.82, 2.24) is 20.3 Å². The molecule has 1 atom stereocenters. The van der Waals surface area contributed by atoms with Gasteiger partial charge in [-0.1, -0.05) is 6.07 Å². The Hall–Kier alpha value is -2.50. The van der Waals surface area contributed by atoms with E-state index in [1.807, 2.05) is 25.1 Å². The number of nitrogens with one attached hydrogen (secondary N) is 1. The second-order valence-electron chi connectivity index (χ2n) is 6.10. The number of hydrogen-bond acceptors (Lipinski definition) is 5. The van der Waals surface area contributed by atoms with Crippen molar-refractivity contribution in [3.63, 3.8) is 0 Å². The van der Waals surface area contributed by atoms with E-state index in [0.717, 1.165) is 42.3 Å². The van der Waals surface area contributed by atoms with Crippen molar-refractivity contribution in [1.29, 1.82) is 0 Å². The molecule has 1 N–H and O–H groups in total. The van der Waals surface area contributed by atoms with Crippen LogP contribution in [0.25, 0.3) is 0 Å². The summed E-state index contributed by atoms with van der Waals surface area (Å²) in [5, 5.41) is 2.65. The van der Waals surface area contributed by atoms with Crippen LogP contribution in [0, 0.1) is 6.92 Å². The predicted octanol–water partition coefficient (Wildman–Crippen LogP) is 2.20. The Morgan fingerprint density at radius 3 is 3.04 bits per heavy atom. The number of pyridine rings is 1. The summed E-state index contributed by atoms with van der Waals surface area (Å²) in [4.78, 5) is 27.1. The van der Waals surface area contributed by atoms with Crippen molar-refractivity contribution >= 4 is 11.7 Å². The molecule has 1 fully saturated rings. The first kappa shape index (κ1) is 16.4. The molecular weight excluding hydrogens is 302 g/mol. The second kappa shape index (κ2) is 7.38. The van der Waals surface area contributed by atoms with Crippen LogP contribution in [-0.2, 0) is 11.2 Å². The molecule has 3 rings (SSSR count). The molecule has 24 heavy (non-hydrogen) atoms. The number of anilines is 1. The Kier molecular flexibility index (Phi) is 5.03. The largest absolute Gasteiger partial charge is 0.359 e. The Morgan fingerprint density at radius 1 is 1.38 bits per heavy atom. The van der Waals surface area contributed by atoms with Gasteiger partial charge in [0.05, 0.1) is 11.7 Å². The van der Waals surface area contributed by atoms with Crippen LogP contribution in [-0.4, -0.2) is 34.5 Å². The molecule has 1 amide bonds. The molecule has 1 unspecified atom stereocenters. The van der Waals surface area contributed by atoms with Gasteiger partial charge >= 0.3 is 0 Å². The molecular formula is C18H23N5O. The van der Waals surface area contributed by atoms with Gasteiger partial charge in [-0.25, -0.2) is 9.97 Å². The highest BCUT2D eigenvalue weighted by Gasteiger charge is 2.28.